The zero-order valence-corrected chi connectivity index (χ0v) is 14.0. The van der Waals surface area contributed by atoms with Crippen LogP contribution in [0.3, 0.4) is 0 Å². The van der Waals surface area contributed by atoms with Gasteiger partial charge in [0.1, 0.15) is 5.75 Å². The highest BCUT2D eigenvalue weighted by atomic mass is 16.6. The number of phenolic OH excluding ortho intramolecular Hbond substituents is 1. The molecule has 0 bridgehead atoms. The van der Waals surface area contributed by atoms with Crippen LogP contribution < -0.4 is 5.43 Å². The Morgan fingerprint density at radius 3 is 2.89 bits per heavy atom. The molecule has 136 valence electrons. The van der Waals surface area contributed by atoms with E-state index in [0.717, 1.165) is 17.8 Å². The summed E-state index contributed by atoms with van der Waals surface area (Å²) in [4.78, 5) is 22.4. The zero-order valence-electron chi connectivity index (χ0n) is 14.0. The fourth-order valence-electron chi connectivity index (χ4n) is 2.38. The van der Waals surface area contributed by atoms with E-state index in [4.69, 9.17) is 0 Å². The molecule has 2 aromatic carbocycles. The molecule has 1 amide bonds. The van der Waals surface area contributed by atoms with E-state index >= 15 is 0 Å². The fraction of sp³-hybridized carbons (Fsp3) is 0.0556. The SMILES string of the molecule is O=C(N/N=C\c1cc([N+](=O)[O-])ccc1O)c1cccc(Cn2cccn2)c1. The number of hydrogen-bond acceptors (Lipinski definition) is 6. The topological polar surface area (TPSA) is 123 Å². The van der Waals surface area contributed by atoms with E-state index in [1.54, 1.807) is 29.1 Å². The van der Waals surface area contributed by atoms with Gasteiger partial charge in [-0.2, -0.15) is 10.2 Å². The second-order valence-electron chi connectivity index (χ2n) is 5.60. The van der Waals surface area contributed by atoms with E-state index < -0.39 is 10.8 Å². The first-order chi connectivity index (χ1) is 13.0. The van der Waals surface area contributed by atoms with Crippen molar-refractivity contribution in [1.29, 1.82) is 0 Å². The van der Waals surface area contributed by atoms with E-state index in [2.05, 4.69) is 15.6 Å². The molecule has 9 heteroatoms. The maximum absolute atomic E-state index is 12.2. The number of hydrogen-bond donors (Lipinski definition) is 2. The lowest BCUT2D eigenvalue weighted by Crippen LogP contribution is -2.18. The Morgan fingerprint density at radius 1 is 1.30 bits per heavy atom. The molecule has 9 nitrogen and oxygen atoms in total. The molecule has 27 heavy (non-hydrogen) atoms. The number of benzene rings is 2. The third kappa shape index (κ3) is 4.54. The van der Waals surface area contributed by atoms with Gasteiger partial charge < -0.3 is 5.11 Å². The van der Waals surface area contributed by atoms with Gasteiger partial charge in [0.15, 0.2) is 0 Å². The number of carbonyl (C=O) groups excluding carboxylic acids is 1. The van der Waals surface area contributed by atoms with E-state index in [-0.39, 0.29) is 17.0 Å². The van der Waals surface area contributed by atoms with Crippen molar-refractivity contribution in [2.24, 2.45) is 5.10 Å². The molecule has 3 aromatic rings. The first-order valence-corrected chi connectivity index (χ1v) is 7.90. The van der Waals surface area contributed by atoms with Gasteiger partial charge in [0.2, 0.25) is 0 Å². The molecule has 0 radical (unpaired) electrons. The van der Waals surface area contributed by atoms with Crippen molar-refractivity contribution in [2.75, 3.05) is 0 Å². The van der Waals surface area contributed by atoms with Crippen LogP contribution in [0.1, 0.15) is 21.5 Å². The zero-order chi connectivity index (χ0) is 19.2. The number of nitrogens with zero attached hydrogens (tertiary/aromatic N) is 4. The van der Waals surface area contributed by atoms with Crippen molar-refractivity contribution >= 4 is 17.8 Å². The summed E-state index contributed by atoms with van der Waals surface area (Å²) in [5, 5.41) is 28.4. The molecule has 0 aliphatic rings. The molecule has 1 aromatic heterocycles. The van der Waals surface area contributed by atoms with Crippen LogP contribution in [-0.4, -0.2) is 31.9 Å². The number of nitro benzene ring substituents is 1. The first kappa shape index (κ1) is 17.8. The third-order valence-electron chi connectivity index (χ3n) is 3.68. The summed E-state index contributed by atoms with van der Waals surface area (Å²) >= 11 is 0. The first-order valence-electron chi connectivity index (χ1n) is 7.90. The summed E-state index contributed by atoms with van der Waals surface area (Å²) < 4.78 is 1.74. The van der Waals surface area contributed by atoms with Gasteiger partial charge in [0.25, 0.3) is 11.6 Å². The van der Waals surface area contributed by atoms with Crippen LogP contribution in [0.2, 0.25) is 0 Å². The van der Waals surface area contributed by atoms with Crippen LogP contribution >= 0.6 is 0 Å². The summed E-state index contributed by atoms with van der Waals surface area (Å²) in [5.41, 5.74) is 3.57. The van der Waals surface area contributed by atoms with Gasteiger partial charge in [-0.05, 0) is 29.8 Å². The van der Waals surface area contributed by atoms with Crippen molar-refractivity contribution in [1.82, 2.24) is 15.2 Å². The molecule has 2 N–H and O–H groups in total. The molecular formula is C18H15N5O4. The monoisotopic (exact) mass is 365 g/mol. The van der Waals surface area contributed by atoms with E-state index in [9.17, 15) is 20.0 Å². The number of amides is 1. The van der Waals surface area contributed by atoms with Gasteiger partial charge in [-0.25, -0.2) is 5.43 Å². The maximum atomic E-state index is 12.2. The Balaban J connectivity index is 1.68. The number of nitrogens with one attached hydrogen (secondary N) is 1. The standard InChI is InChI=1S/C18H15N5O4/c24-17-6-5-16(23(26)27)10-15(17)11-19-21-18(25)14-4-1-3-13(9-14)12-22-8-2-7-20-22/h1-11,24H,12H2,(H,21,25)/b19-11-. The highest BCUT2D eigenvalue weighted by Crippen LogP contribution is 2.21. The lowest BCUT2D eigenvalue weighted by molar-refractivity contribution is -0.384. The number of aromatic hydroxyl groups is 1. The number of nitro groups is 1. The summed E-state index contributed by atoms with van der Waals surface area (Å²) in [5.74, 6) is -0.627. The lowest BCUT2D eigenvalue weighted by Gasteiger charge is -2.05. The summed E-state index contributed by atoms with van der Waals surface area (Å²) in [6.45, 7) is 0.527. The Labute approximate surface area is 153 Å². The van der Waals surface area contributed by atoms with Gasteiger partial charge in [0, 0.05) is 35.7 Å². The second-order valence-corrected chi connectivity index (χ2v) is 5.60. The van der Waals surface area contributed by atoms with Crippen LogP contribution in [0.4, 0.5) is 5.69 Å². The molecule has 0 saturated heterocycles. The van der Waals surface area contributed by atoms with Crippen LogP contribution in [0.25, 0.3) is 0 Å². The maximum Gasteiger partial charge on any atom is 0.271 e. The smallest absolute Gasteiger partial charge is 0.271 e. The predicted molar refractivity (Wildman–Crippen MR) is 97.6 cm³/mol. The van der Waals surface area contributed by atoms with E-state index in [1.165, 1.54) is 12.1 Å². The fourth-order valence-corrected chi connectivity index (χ4v) is 2.38. The van der Waals surface area contributed by atoms with Crippen LogP contribution in [0, 0.1) is 10.1 Å². The summed E-state index contributed by atoms with van der Waals surface area (Å²) in [7, 11) is 0. The second kappa shape index (κ2) is 7.91. The van der Waals surface area contributed by atoms with Gasteiger partial charge in [-0.15, -0.1) is 0 Å². The molecule has 1 heterocycles. The molecule has 0 unspecified atom stereocenters. The summed E-state index contributed by atoms with van der Waals surface area (Å²) in [6, 6.07) is 12.3. The van der Waals surface area contributed by atoms with Gasteiger partial charge in [-0.3, -0.25) is 19.6 Å². The number of hydrazone groups is 1. The Kier molecular flexibility index (Phi) is 5.22. The Morgan fingerprint density at radius 2 is 2.15 bits per heavy atom. The highest BCUT2D eigenvalue weighted by Gasteiger charge is 2.09. The van der Waals surface area contributed by atoms with Gasteiger partial charge >= 0.3 is 0 Å². The van der Waals surface area contributed by atoms with Gasteiger partial charge in [0.05, 0.1) is 17.7 Å². The quantitative estimate of drug-likeness (QED) is 0.394. The number of non-ortho nitro benzene ring substituents is 1. The van der Waals surface area contributed by atoms with Crippen LogP contribution in [0.5, 0.6) is 5.75 Å². The third-order valence-corrected chi connectivity index (χ3v) is 3.68. The molecule has 0 spiro atoms. The lowest BCUT2D eigenvalue weighted by atomic mass is 10.1. The van der Waals surface area contributed by atoms with Crippen molar-refractivity contribution in [3.8, 4) is 5.75 Å². The minimum absolute atomic E-state index is 0.122. The number of aromatic nitrogens is 2. The van der Waals surface area contributed by atoms with Crippen molar-refractivity contribution in [3.63, 3.8) is 0 Å². The molecule has 0 fully saturated rings. The van der Waals surface area contributed by atoms with Crippen LogP contribution in [-0.2, 0) is 6.54 Å². The van der Waals surface area contributed by atoms with E-state index in [1.807, 2.05) is 18.3 Å². The number of rotatable bonds is 6. The molecule has 0 saturated carbocycles. The molecular weight excluding hydrogens is 350 g/mol. The largest absolute Gasteiger partial charge is 0.507 e. The Hall–Kier alpha value is -4.01. The number of carbonyl (C=O) groups is 1. The normalized spacial score (nSPS) is 10.8. The average Bonchev–Trinajstić information content (AvgIpc) is 3.16. The van der Waals surface area contributed by atoms with Crippen molar-refractivity contribution in [2.45, 2.75) is 6.54 Å². The highest BCUT2D eigenvalue weighted by molar-refractivity contribution is 5.95. The summed E-state index contributed by atoms with van der Waals surface area (Å²) in [6.07, 6.45) is 4.64. The molecule has 3 rings (SSSR count). The van der Waals surface area contributed by atoms with Gasteiger partial charge in [-0.1, -0.05) is 12.1 Å². The van der Waals surface area contributed by atoms with Crippen molar-refractivity contribution in [3.05, 3.63) is 87.7 Å². The molecule has 0 atom stereocenters. The van der Waals surface area contributed by atoms with Crippen molar-refractivity contribution < 1.29 is 14.8 Å². The minimum Gasteiger partial charge on any atom is -0.507 e. The van der Waals surface area contributed by atoms with Crippen LogP contribution in [0.15, 0.2) is 66.0 Å². The predicted octanol–water partition coefficient (Wildman–Crippen LogP) is 2.31. The molecule has 0 aliphatic heterocycles. The average molecular weight is 365 g/mol. The number of phenols is 1. The van der Waals surface area contributed by atoms with E-state index in [0.29, 0.717) is 12.1 Å². The Bertz CT molecular complexity index is 999. The minimum atomic E-state index is -0.583. The molecule has 0 aliphatic carbocycles.